The van der Waals surface area contributed by atoms with Crippen molar-refractivity contribution in [2.45, 2.75) is 51.0 Å². The van der Waals surface area contributed by atoms with Crippen molar-refractivity contribution in [2.75, 3.05) is 20.6 Å². The van der Waals surface area contributed by atoms with Crippen molar-refractivity contribution in [3.63, 3.8) is 0 Å². The highest BCUT2D eigenvalue weighted by Gasteiger charge is 2.33. The molecule has 0 heterocycles. The summed E-state index contributed by atoms with van der Waals surface area (Å²) in [6, 6.07) is 7.78. The summed E-state index contributed by atoms with van der Waals surface area (Å²) in [4.78, 5) is 14.6. The fraction of sp³-hybridized carbons (Fsp3) is 0.611. The third kappa shape index (κ3) is 4.07. The van der Waals surface area contributed by atoms with Crippen LogP contribution in [-0.4, -0.2) is 37.0 Å². The van der Waals surface area contributed by atoms with Crippen molar-refractivity contribution in [1.82, 2.24) is 10.2 Å². The highest BCUT2D eigenvalue weighted by atomic mass is 16.1. The minimum atomic E-state index is 0.0421. The maximum atomic E-state index is 12.3. The van der Waals surface area contributed by atoms with Crippen molar-refractivity contribution < 1.29 is 4.79 Å². The Morgan fingerprint density at radius 3 is 2.19 bits per heavy atom. The van der Waals surface area contributed by atoms with Crippen molar-refractivity contribution in [1.29, 1.82) is 0 Å². The van der Waals surface area contributed by atoms with Crippen LogP contribution in [0.5, 0.6) is 0 Å². The van der Waals surface area contributed by atoms with Crippen LogP contribution < -0.4 is 5.32 Å². The predicted octanol–water partition coefficient (Wildman–Crippen LogP) is 3.38. The first-order chi connectivity index (χ1) is 10.0. The van der Waals surface area contributed by atoms with Crippen molar-refractivity contribution in [3.8, 4) is 0 Å². The van der Waals surface area contributed by atoms with Crippen LogP contribution in [0.2, 0.25) is 0 Å². The van der Waals surface area contributed by atoms with Crippen LogP contribution in [0.25, 0.3) is 0 Å². The Bertz CT molecular complexity index is 457. The van der Waals surface area contributed by atoms with Gasteiger partial charge in [-0.3, -0.25) is 4.79 Å². The molecule has 0 unspecified atom stereocenters. The fourth-order valence-electron chi connectivity index (χ4n) is 3.22. The number of hydrogen-bond acceptors (Lipinski definition) is 2. The standard InChI is InChI=1S/C18H28N2O/c1-15-8-10-16(11-9-15)17(21)19-14-18(20(2)3)12-6-4-5-7-13-18/h8-11H,4-7,12-14H2,1-3H3,(H,19,21). The van der Waals surface area contributed by atoms with Crippen LogP contribution in [0, 0.1) is 6.92 Å². The first-order valence-electron chi connectivity index (χ1n) is 8.06. The molecule has 1 aliphatic rings. The summed E-state index contributed by atoms with van der Waals surface area (Å²) in [5.41, 5.74) is 2.06. The molecule has 1 N–H and O–H groups in total. The van der Waals surface area contributed by atoms with E-state index < -0.39 is 0 Å². The molecular weight excluding hydrogens is 260 g/mol. The third-order valence-corrected chi connectivity index (χ3v) is 4.87. The molecule has 116 valence electrons. The molecule has 1 saturated carbocycles. The molecule has 1 amide bonds. The van der Waals surface area contributed by atoms with Crippen molar-refractivity contribution in [2.24, 2.45) is 0 Å². The first kappa shape index (κ1) is 16.0. The molecule has 0 radical (unpaired) electrons. The van der Waals surface area contributed by atoms with E-state index in [9.17, 15) is 4.79 Å². The number of hydrogen-bond donors (Lipinski definition) is 1. The third-order valence-electron chi connectivity index (χ3n) is 4.87. The molecular formula is C18H28N2O. The maximum absolute atomic E-state index is 12.3. The summed E-state index contributed by atoms with van der Waals surface area (Å²) >= 11 is 0. The lowest BCUT2D eigenvalue weighted by Gasteiger charge is -2.39. The fourth-order valence-corrected chi connectivity index (χ4v) is 3.22. The van der Waals surface area contributed by atoms with Gasteiger partial charge in [0.05, 0.1) is 0 Å². The molecule has 2 rings (SSSR count). The number of benzene rings is 1. The second kappa shape index (κ2) is 7.08. The van der Waals surface area contributed by atoms with E-state index in [1.54, 1.807) is 0 Å². The van der Waals surface area contributed by atoms with Crippen LogP contribution >= 0.6 is 0 Å². The SMILES string of the molecule is Cc1ccc(C(=O)NCC2(N(C)C)CCCCCC2)cc1. The monoisotopic (exact) mass is 288 g/mol. The topological polar surface area (TPSA) is 32.3 Å². The van der Waals surface area contributed by atoms with E-state index in [0.717, 1.165) is 12.1 Å². The lowest BCUT2D eigenvalue weighted by Crippen LogP contribution is -2.52. The average molecular weight is 288 g/mol. The van der Waals surface area contributed by atoms with Gasteiger partial charge in [-0.15, -0.1) is 0 Å². The quantitative estimate of drug-likeness (QED) is 0.861. The Balaban J connectivity index is 2.01. The molecule has 1 fully saturated rings. The second-order valence-electron chi connectivity index (χ2n) is 6.58. The van der Waals surface area contributed by atoms with E-state index in [1.165, 1.54) is 44.1 Å². The highest BCUT2D eigenvalue weighted by Crippen LogP contribution is 2.30. The van der Waals surface area contributed by atoms with Gasteiger partial charge in [0.1, 0.15) is 0 Å². The number of carbonyl (C=O) groups is 1. The zero-order valence-electron chi connectivity index (χ0n) is 13.6. The summed E-state index contributed by atoms with van der Waals surface area (Å²) in [6.45, 7) is 2.78. The molecule has 0 bridgehead atoms. The van der Waals surface area contributed by atoms with Gasteiger partial charge >= 0.3 is 0 Å². The number of carbonyl (C=O) groups excluding carboxylic acids is 1. The van der Waals surface area contributed by atoms with E-state index in [4.69, 9.17) is 0 Å². The van der Waals surface area contributed by atoms with E-state index in [2.05, 4.69) is 24.3 Å². The molecule has 0 aliphatic heterocycles. The minimum Gasteiger partial charge on any atom is -0.350 e. The van der Waals surface area contributed by atoms with Crippen molar-refractivity contribution >= 4 is 5.91 Å². The van der Waals surface area contributed by atoms with Gasteiger partial charge in [0, 0.05) is 17.6 Å². The lowest BCUT2D eigenvalue weighted by atomic mass is 9.88. The van der Waals surface area contributed by atoms with Gasteiger partial charge in [0.2, 0.25) is 0 Å². The summed E-state index contributed by atoms with van der Waals surface area (Å²) < 4.78 is 0. The number of amides is 1. The van der Waals surface area contributed by atoms with Crippen LogP contribution in [0.4, 0.5) is 0 Å². The molecule has 0 atom stereocenters. The number of likely N-dealkylation sites (N-methyl/N-ethyl adjacent to an activating group) is 1. The molecule has 0 saturated heterocycles. The van der Waals surface area contributed by atoms with Gasteiger partial charge in [-0.1, -0.05) is 43.4 Å². The van der Waals surface area contributed by atoms with Gasteiger partial charge in [-0.2, -0.15) is 0 Å². The summed E-state index contributed by atoms with van der Waals surface area (Å²) in [5.74, 6) is 0.0421. The first-order valence-corrected chi connectivity index (χ1v) is 8.06. The number of nitrogens with zero attached hydrogens (tertiary/aromatic N) is 1. The zero-order chi connectivity index (χ0) is 15.3. The molecule has 3 heteroatoms. The summed E-state index contributed by atoms with van der Waals surface area (Å²) in [6.07, 6.45) is 7.52. The second-order valence-corrected chi connectivity index (χ2v) is 6.58. The maximum Gasteiger partial charge on any atom is 0.251 e. The smallest absolute Gasteiger partial charge is 0.251 e. The molecule has 21 heavy (non-hydrogen) atoms. The minimum absolute atomic E-state index is 0.0421. The number of nitrogens with one attached hydrogen (secondary N) is 1. The van der Waals surface area contributed by atoms with Gasteiger partial charge in [-0.25, -0.2) is 0 Å². The molecule has 0 aromatic heterocycles. The molecule has 3 nitrogen and oxygen atoms in total. The average Bonchev–Trinajstić information content (AvgIpc) is 2.72. The van der Waals surface area contributed by atoms with E-state index in [0.29, 0.717) is 0 Å². The van der Waals surface area contributed by atoms with E-state index >= 15 is 0 Å². The van der Waals surface area contributed by atoms with E-state index in [1.807, 2.05) is 31.2 Å². The van der Waals surface area contributed by atoms with Gasteiger partial charge in [-0.05, 0) is 46.0 Å². The highest BCUT2D eigenvalue weighted by molar-refractivity contribution is 5.94. The zero-order valence-corrected chi connectivity index (χ0v) is 13.6. The summed E-state index contributed by atoms with van der Waals surface area (Å²) in [5, 5.41) is 3.16. The van der Waals surface area contributed by atoms with Gasteiger partial charge in [0.25, 0.3) is 5.91 Å². The summed E-state index contributed by atoms with van der Waals surface area (Å²) in [7, 11) is 4.28. The Morgan fingerprint density at radius 2 is 1.67 bits per heavy atom. The number of aryl methyl sites for hydroxylation is 1. The van der Waals surface area contributed by atoms with Crippen LogP contribution in [0.15, 0.2) is 24.3 Å². The predicted molar refractivity (Wildman–Crippen MR) is 87.6 cm³/mol. The molecule has 1 aromatic rings. The van der Waals surface area contributed by atoms with Gasteiger partial charge in [0.15, 0.2) is 0 Å². The van der Waals surface area contributed by atoms with Crippen molar-refractivity contribution in [3.05, 3.63) is 35.4 Å². The Hall–Kier alpha value is -1.35. The largest absolute Gasteiger partial charge is 0.350 e. The van der Waals surface area contributed by atoms with Crippen LogP contribution in [0.3, 0.4) is 0 Å². The Kier molecular flexibility index (Phi) is 5.40. The Morgan fingerprint density at radius 1 is 1.10 bits per heavy atom. The normalized spacial score (nSPS) is 18.3. The van der Waals surface area contributed by atoms with Crippen LogP contribution in [-0.2, 0) is 0 Å². The molecule has 0 spiro atoms. The van der Waals surface area contributed by atoms with Crippen LogP contribution in [0.1, 0.15) is 54.4 Å². The Labute approximate surface area is 128 Å². The van der Waals surface area contributed by atoms with Gasteiger partial charge < -0.3 is 10.2 Å². The molecule has 1 aromatic carbocycles. The van der Waals surface area contributed by atoms with E-state index in [-0.39, 0.29) is 11.4 Å². The number of rotatable bonds is 4. The lowest BCUT2D eigenvalue weighted by molar-refractivity contribution is 0.0869. The molecule has 1 aliphatic carbocycles.